The molecule has 0 saturated heterocycles. The van der Waals surface area contributed by atoms with Crippen molar-refractivity contribution in [2.45, 2.75) is 38.6 Å². The highest BCUT2D eigenvalue weighted by molar-refractivity contribution is 5.74. The zero-order chi connectivity index (χ0) is 12.3. The molecule has 1 aromatic heterocycles. The Kier molecular flexibility index (Phi) is 3.77. The Morgan fingerprint density at radius 2 is 2.12 bits per heavy atom. The zero-order valence-electron chi connectivity index (χ0n) is 10.6. The normalized spacial score (nSPS) is 24.4. The summed E-state index contributed by atoms with van der Waals surface area (Å²) in [4.78, 5) is 17.2. The average Bonchev–Trinajstić information content (AvgIpc) is 2.39. The zero-order valence-corrected chi connectivity index (χ0v) is 10.6. The highest BCUT2D eigenvalue weighted by Crippen LogP contribution is 2.29. The molecule has 0 spiro atoms. The van der Waals surface area contributed by atoms with E-state index in [9.17, 15) is 4.79 Å². The number of anilines is 1. The van der Waals surface area contributed by atoms with Crippen LogP contribution < -0.4 is 4.90 Å². The monoisotopic (exact) mass is 232 g/mol. The lowest BCUT2D eigenvalue weighted by molar-refractivity contribution is 0.112. The minimum atomic E-state index is 0.582. The lowest BCUT2D eigenvalue weighted by Gasteiger charge is -2.37. The Labute approximate surface area is 103 Å². The van der Waals surface area contributed by atoms with E-state index in [0.717, 1.165) is 18.0 Å². The van der Waals surface area contributed by atoms with Gasteiger partial charge in [0.1, 0.15) is 5.82 Å². The fraction of sp³-hybridized carbons (Fsp3) is 0.571. The summed E-state index contributed by atoms with van der Waals surface area (Å²) in [6.45, 7) is 2.32. The van der Waals surface area contributed by atoms with E-state index in [1.807, 2.05) is 12.1 Å². The summed E-state index contributed by atoms with van der Waals surface area (Å²) in [6, 6.07) is 4.35. The van der Waals surface area contributed by atoms with Crippen molar-refractivity contribution in [2.24, 2.45) is 5.92 Å². The van der Waals surface area contributed by atoms with Gasteiger partial charge >= 0.3 is 0 Å². The van der Waals surface area contributed by atoms with Crippen LogP contribution in [0.3, 0.4) is 0 Å². The summed E-state index contributed by atoms with van der Waals surface area (Å²) < 4.78 is 0. The molecule has 3 heteroatoms. The molecule has 3 nitrogen and oxygen atoms in total. The molecule has 1 aliphatic rings. The summed E-state index contributed by atoms with van der Waals surface area (Å²) in [5.74, 6) is 1.69. The van der Waals surface area contributed by atoms with Crippen molar-refractivity contribution in [1.82, 2.24) is 4.98 Å². The number of carbonyl (C=O) groups is 1. The molecule has 0 aromatic carbocycles. The molecule has 1 aliphatic carbocycles. The van der Waals surface area contributed by atoms with Crippen molar-refractivity contribution >= 4 is 12.1 Å². The van der Waals surface area contributed by atoms with Gasteiger partial charge in [-0.15, -0.1) is 0 Å². The van der Waals surface area contributed by atoms with E-state index in [1.165, 1.54) is 25.7 Å². The molecule has 1 saturated carbocycles. The minimum Gasteiger partial charge on any atom is -0.356 e. The molecular formula is C14H20N2O. The van der Waals surface area contributed by atoms with Crippen LogP contribution in [0, 0.1) is 5.92 Å². The molecule has 1 aromatic rings. The Morgan fingerprint density at radius 1 is 1.35 bits per heavy atom. The SMILES string of the molecule is CC1CCCCC1N(C)c1ccc(C=O)cn1. The molecule has 2 atom stereocenters. The first-order valence-electron chi connectivity index (χ1n) is 6.36. The molecule has 0 aliphatic heterocycles. The van der Waals surface area contributed by atoms with Crippen LogP contribution in [0.1, 0.15) is 43.0 Å². The second-order valence-electron chi connectivity index (χ2n) is 5.01. The van der Waals surface area contributed by atoms with E-state index in [2.05, 4.69) is 23.9 Å². The molecule has 2 unspecified atom stereocenters. The molecular weight excluding hydrogens is 212 g/mol. The Balaban J connectivity index is 2.11. The van der Waals surface area contributed by atoms with E-state index in [4.69, 9.17) is 0 Å². The standard InChI is InChI=1S/C14H20N2O/c1-11-5-3-4-6-13(11)16(2)14-8-7-12(10-17)9-15-14/h7-11,13H,3-6H2,1-2H3. The third kappa shape index (κ3) is 2.65. The smallest absolute Gasteiger partial charge is 0.151 e. The van der Waals surface area contributed by atoms with Crippen molar-refractivity contribution in [3.8, 4) is 0 Å². The average molecular weight is 232 g/mol. The van der Waals surface area contributed by atoms with E-state index in [1.54, 1.807) is 6.20 Å². The van der Waals surface area contributed by atoms with Gasteiger partial charge in [-0.3, -0.25) is 4.79 Å². The van der Waals surface area contributed by atoms with Crippen molar-refractivity contribution < 1.29 is 4.79 Å². The van der Waals surface area contributed by atoms with Gasteiger partial charge < -0.3 is 4.90 Å². The quantitative estimate of drug-likeness (QED) is 0.751. The number of aldehydes is 1. The maximum atomic E-state index is 10.6. The number of hydrogen-bond donors (Lipinski definition) is 0. The molecule has 1 fully saturated rings. The van der Waals surface area contributed by atoms with Crippen LogP contribution in [0.5, 0.6) is 0 Å². The van der Waals surface area contributed by atoms with E-state index < -0.39 is 0 Å². The second-order valence-corrected chi connectivity index (χ2v) is 5.01. The topological polar surface area (TPSA) is 33.2 Å². The second kappa shape index (κ2) is 5.30. The maximum Gasteiger partial charge on any atom is 0.151 e. The molecule has 0 bridgehead atoms. The van der Waals surface area contributed by atoms with Gasteiger partial charge in [0, 0.05) is 24.8 Å². The van der Waals surface area contributed by atoms with E-state index >= 15 is 0 Å². The van der Waals surface area contributed by atoms with Crippen LogP contribution in [-0.2, 0) is 0 Å². The van der Waals surface area contributed by atoms with Gasteiger partial charge in [-0.1, -0.05) is 19.8 Å². The van der Waals surface area contributed by atoms with Gasteiger partial charge in [0.25, 0.3) is 0 Å². The predicted molar refractivity (Wildman–Crippen MR) is 69.4 cm³/mol. The number of carbonyl (C=O) groups excluding carboxylic acids is 1. The van der Waals surface area contributed by atoms with Gasteiger partial charge in [0.2, 0.25) is 0 Å². The number of hydrogen-bond acceptors (Lipinski definition) is 3. The first-order chi connectivity index (χ1) is 8.22. The van der Waals surface area contributed by atoms with Gasteiger partial charge in [-0.25, -0.2) is 4.98 Å². The van der Waals surface area contributed by atoms with Crippen LogP contribution in [0.2, 0.25) is 0 Å². The summed E-state index contributed by atoms with van der Waals surface area (Å²) in [5, 5.41) is 0. The largest absolute Gasteiger partial charge is 0.356 e. The molecule has 0 amide bonds. The van der Waals surface area contributed by atoms with Gasteiger partial charge in [-0.2, -0.15) is 0 Å². The van der Waals surface area contributed by atoms with Gasteiger partial charge in [-0.05, 0) is 30.9 Å². The van der Waals surface area contributed by atoms with Crippen LogP contribution in [0.25, 0.3) is 0 Å². The summed E-state index contributed by atoms with van der Waals surface area (Å²) >= 11 is 0. The highest BCUT2D eigenvalue weighted by atomic mass is 16.1. The Hall–Kier alpha value is -1.38. The van der Waals surface area contributed by atoms with E-state index in [0.29, 0.717) is 11.6 Å². The van der Waals surface area contributed by atoms with E-state index in [-0.39, 0.29) is 0 Å². The van der Waals surface area contributed by atoms with Crippen LogP contribution in [0.15, 0.2) is 18.3 Å². The first-order valence-corrected chi connectivity index (χ1v) is 6.36. The van der Waals surface area contributed by atoms with Crippen LogP contribution >= 0.6 is 0 Å². The predicted octanol–water partition coefficient (Wildman–Crippen LogP) is 2.91. The van der Waals surface area contributed by atoms with Gasteiger partial charge in [0.15, 0.2) is 6.29 Å². The fourth-order valence-corrected chi connectivity index (χ4v) is 2.72. The molecule has 92 valence electrons. The summed E-state index contributed by atoms with van der Waals surface area (Å²) in [5.41, 5.74) is 0.638. The molecule has 0 N–H and O–H groups in total. The number of aromatic nitrogens is 1. The van der Waals surface area contributed by atoms with Crippen molar-refractivity contribution in [2.75, 3.05) is 11.9 Å². The lowest BCUT2D eigenvalue weighted by atomic mass is 9.85. The van der Waals surface area contributed by atoms with Crippen LogP contribution in [0.4, 0.5) is 5.82 Å². The van der Waals surface area contributed by atoms with Crippen molar-refractivity contribution in [3.05, 3.63) is 23.9 Å². The minimum absolute atomic E-state index is 0.582. The number of nitrogens with zero attached hydrogens (tertiary/aromatic N) is 2. The van der Waals surface area contributed by atoms with Crippen molar-refractivity contribution in [3.63, 3.8) is 0 Å². The van der Waals surface area contributed by atoms with Crippen molar-refractivity contribution in [1.29, 1.82) is 0 Å². The van der Waals surface area contributed by atoms with Gasteiger partial charge in [0.05, 0.1) is 0 Å². The third-order valence-corrected chi connectivity index (χ3v) is 3.83. The summed E-state index contributed by atoms with van der Waals surface area (Å²) in [6.07, 6.45) is 7.69. The Bertz CT molecular complexity index is 374. The highest BCUT2D eigenvalue weighted by Gasteiger charge is 2.25. The molecule has 17 heavy (non-hydrogen) atoms. The Morgan fingerprint density at radius 3 is 2.71 bits per heavy atom. The summed E-state index contributed by atoms with van der Waals surface area (Å²) in [7, 11) is 2.11. The lowest BCUT2D eigenvalue weighted by Crippen LogP contribution is -2.39. The third-order valence-electron chi connectivity index (χ3n) is 3.83. The first kappa shape index (κ1) is 12.1. The number of pyridine rings is 1. The van der Waals surface area contributed by atoms with Crippen LogP contribution in [-0.4, -0.2) is 24.4 Å². The maximum absolute atomic E-state index is 10.6. The fourth-order valence-electron chi connectivity index (χ4n) is 2.72. The molecule has 2 rings (SSSR count). The molecule has 1 heterocycles. The molecule has 0 radical (unpaired) electrons. The number of rotatable bonds is 3.